The summed E-state index contributed by atoms with van der Waals surface area (Å²) in [5.74, 6) is 0.424. The van der Waals surface area contributed by atoms with Crippen LogP contribution in [0.4, 0.5) is 11.5 Å². The fourth-order valence-corrected chi connectivity index (χ4v) is 3.92. The van der Waals surface area contributed by atoms with E-state index in [1.165, 1.54) is 41.6 Å². The van der Waals surface area contributed by atoms with E-state index in [9.17, 15) is 14.4 Å². The number of nitrogen functional groups attached to an aromatic ring is 1. The standard InChI is InChI=1S/C21H28N4O3/c1-24(17(26)13-12-15-8-4-2-5-9-15)18-19(22)25(21(28)23-20(18)27)14-16-10-6-3-7-11-16/h3,6-7,10-11,15H,2,4-5,8-9,12-14,22H2,1H3,(H,23,27,28). The Hall–Kier alpha value is -2.83. The Labute approximate surface area is 164 Å². The summed E-state index contributed by atoms with van der Waals surface area (Å²) >= 11 is 0. The number of aromatic nitrogens is 2. The van der Waals surface area contributed by atoms with E-state index in [4.69, 9.17) is 5.73 Å². The summed E-state index contributed by atoms with van der Waals surface area (Å²) in [5.41, 5.74) is 5.84. The van der Waals surface area contributed by atoms with Crippen LogP contribution in [0, 0.1) is 5.92 Å². The first kappa shape index (κ1) is 19.9. The minimum atomic E-state index is -0.639. The van der Waals surface area contributed by atoms with E-state index in [0.717, 1.165) is 12.0 Å². The van der Waals surface area contributed by atoms with Gasteiger partial charge < -0.3 is 10.6 Å². The van der Waals surface area contributed by atoms with Gasteiger partial charge in [0, 0.05) is 13.5 Å². The van der Waals surface area contributed by atoms with Crippen molar-refractivity contribution in [2.45, 2.75) is 51.5 Å². The Morgan fingerprint density at radius 2 is 1.86 bits per heavy atom. The molecule has 0 radical (unpaired) electrons. The lowest BCUT2D eigenvalue weighted by Gasteiger charge is -2.23. The molecule has 1 amide bonds. The molecule has 0 aliphatic heterocycles. The van der Waals surface area contributed by atoms with E-state index in [0.29, 0.717) is 12.3 Å². The maximum absolute atomic E-state index is 12.7. The van der Waals surface area contributed by atoms with Crippen LogP contribution in [0.25, 0.3) is 0 Å². The van der Waals surface area contributed by atoms with Gasteiger partial charge in [-0.1, -0.05) is 62.4 Å². The van der Waals surface area contributed by atoms with Gasteiger partial charge in [-0.25, -0.2) is 4.79 Å². The van der Waals surface area contributed by atoms with Crippen molar-refractivity contribution in [1.82, 2.24) is 9.55 Å². The number of hydrogen-bond donors (Lipinski definition) is 2. The first-order valence-corrected chi connectivity index (χ1v) is 9.90. The summed E-state index contributed by atoms with van der Waals surface area (Å²) in [6.07, 6.45) is 7.27. The second-order valence-corrected chi connectivity index (χ2v) is 7.56. The second kappa shape index (κ2) is 8.91. The van der Waals surface area contributed by atoms with E-state index in [1.807, 2.05) is 30.3 Å². The number of benzene rings is 1. The van der Waals surface area contributed by atoms with Crippen LogP contribution in [0.3, 0.4) is 0 Å². The van der Waals surface area contributed by atoms with E-state index in [1.54, 1.807) is 7.05 Å². The maximum atomic E-state index is 12.7. The van der Waals surface area contributed by atoms with E-state index < -0.39 is 11.2 Å². The van der Waals surface area contributed by atoms with Gasteiger partial charge in [-0.2, -0.15) is 0 Å². The average Bonchev–Trinajstić information content (AvgIpc) is 2.70. The molecule has 0 spiro atoms. The quantitative estimate of drug-likeness (QED) is 0.799. The maximum Gasteiger partial charge on any atom is 0.330 e. The molecule has 1 fully saturated rings. The van der Waals surface area contributed by atoms with Crippen molar-refractivity contribution in [2.24, 2.45) is 5.92 Å². The molecule has 150 valence electrons. The number of anilines is 2. The summed E-state index contributed by atoms with van der Waals surface area (Å²) < 4.78 is 1.29. The van der Waals surface area contributed by atoms with Crippen LogP contribution in [0.5, 0.6) is 0 Å². The van der Waals surface area contributed by atoms with Crippen molar-refractivity contribution < 1.29 is 4.79 Å². The van der Waals surface area contributed by atoms with Gasteiger partial charge in [-0.3, -0.25) is 19.1 Å². The smallest absolute Gasteiger partial charge is 0.330 e. The van der Waals surface area contributed by atoms with Crippen LogP contribution in [0.2, 0.25) is 0 Å². The van der Waals surface area contributed by atoms with Gasteiger partial charge in [-0.15, -0.1) is 0 Å². The van der Waals surface area contributed by atoms with Gasteiger partial charge in [0.15, 0.2) is 5.69 Å². The number of carbonyl (C=O) groups is 1. The number of amides is 1. The highest BCUT2D eigenvalue weighted by molar-refractivity contribution is 5.94. The van der Waals surface area contributed by atoms with Crippen molar-refractivity contribution in [1.29, 1.82) is 0 Å². The third kappa shape index (κ3) is 4.52. The number of nitrogens with two attached hydrogens (primary N) is 1. The highest BCUT2D eigenvalue weighted by Crippen LogP contribution is 2.28. The highest BCUT2D eigenvalue weighted by Gasteiger charge is 2.22. The fraction of sp³-hybridized carbons (Fsp3) is 0.476. The molecule has 0 bridgehead atoms. The molecule has 1 aromatic heterocycles. The molecular formula is C21H28N4O3. The van der Waals surface area contributed by atoms with E-state index >= 15 is 0 Å². The number of carbonyl (C=O) groups excluding carboxylic acids is 1. The highest BCUT2D eigenvalue weighted by atomic mass is 16.2. The molecule has 3 N–H and O–H groups in total. The van der Waals surface area contributed by atoms with Crippen LogP contribution < -0.4 is 21.9 Å². The molecule has 0 unspecified atom stereocenters. The van der Waals surface area contributed by atoms with Crippen molar-refractivity contribution >= 4 is 17.4 Å². The van der Waals surface area contributed by atoms with Crippen LogP contribution >= 0.6 is 0 Å². The Morgan fingerprint density at radius 3 is 2.54 bits per heavy atom. The third-order valence-electron chi connectivity index (χ3n) is 5.60. The Balaban J connectivity index is 1.80. The number of nitrogens with zero attached hydrogens (tertiary/aromatic N) is 2. The predicted octanol–water partition coefficient (Wildman–Crippen LogP) is 2.49. The molecule has 0 atom stereocenters. The first-order valence-electron chi connectivity index (χ1n) is 9.90. The molecule has 1 saturated carbocycles. The predicted molar refractivity (Wildman–Crippen MR) is 110 cm³/mol. The zero-order valence-corrected chi connectivity index (χ0v) is 16.3. The first-order chi connectivity index (χ1) is 13.5. The number of aromatic amines is 1. The number of hydrogen-bond acceptors (Lipinski definition) is 4. The molecule has 3 rings (SSSR count). The summed E-state index contributed by atoms with van der Waals surface area (Å²) in [7, 11) is 1.54. The van der Waals surface area contributed by atoms with Crippen LogP contribution in [-0.2, 0) is 11.3 Å². The second-order valence-electron chi connectivity index (χ2n) is 7.56. The zero-order chi connectivity index (χ0) is 20.1. The van der Waals surface area contributed by atoms with Crippen molar-refractivity contribution in [3.05, 3.63) is 56.7 Å². The van der Waals surface area contributed by atoms with Gasteiger partial charge >= 0.3 is 5.69 Å². The minimum absolute atomic E-state index is 0.00567. The normalized spacial score (nSPS) is 14.8. The van der Waals surface area contributed by atoms with Gasteiger partial charge in [0.2, 0.25) is 5.91 Å². The molecule has 7 nitrogen and oxygen atoms in total. The van der Waals surface area contributed by atoms with E-state index in [-0.39, 0.29) is 24.0 Å². The van der Waals surface area contributed by atoms with Gasteiger partial charge in [0.25, 0.3) is 5.56 Å². The number of nitrogens with one attached hydrogen (secondary N) is 1. The average molecular weight is 384 g/mol. The lowest BCUT2D eigenvalue weighted by molar-refractivity contribution is -0.118. The summed E-state index contributed by atoms with van der Waals surface area (Å²) in [6.45, 7) is 0.222. The molecular weight excluding hydrogens is 356 g/mol. The van der Waals surface area contributed by atoms with Crippen molar-refractivity contribution in [3.63, 3.8) is 0 Å². The van der Waals surface area contributed by atoms with Crippen LogP contribution in [-0.4, -0.2) is 22.5 Å². The molecule has 1 aliphatic rings. The molecule has 1 aliphatic carbocycles. The fourth-order valence-electron chi connectivity index (χ4n) is 3.92. The molecule has 1 aromatic carbocycles. The van der Waals surface area contributed by atoms with Gasteiger partial charge in [-0.05, 0) is 17.9 Å². The summed E-state index contributed by atoms with van der Waals surface area (Å²) in [5, 5.41) is 0. The number of H-pyrrole nitrogens is 1. The molecule has 1 heterocycles. The third-order valence-corrected chi connectivity index (χ3v) is 5.60. The summed E-state index contributed by atoms with van der Waals surface area (Å²) in [4.78, 5) is 40.9. The SMILES string of the molecule is CN(C(=O)CCC1CCCCC1)c1c(N)n(Cc2ccccc2)c(=O)[nH]c1=O. The van der Waals surface area contributed by atoms with Crippen molar-refractivity contribution in [2.75, 3.05) is 17.7 Å². The lowest BCUT2D eigenvalue weighted by atomic mass is 9.86. The molecule has 2 aromatic rings. The zero-order valence-electron chi connectivity index (χ0n) is 16.3. The van der Waals surface area contributed by atoms with Gasteiger partial charge in [0.1, 0.15) is 5.82 Å². The van der Waals surface area contributed by atoms with Gasteiger partial charge in [0.05, 0.1) is 6.54 Å². The Morgan fingerprint density at radius 1 is 1.18 bits per heavy atom. The minimum Gasteiger partial charge on any atom is -0.383 e. The monoisotopic (exact) mass is 384 g/mol. The molecule has 28 heavy (non-hydrogen) atoms. The number of rotatable bonds is 6. The van der Waals surface area contributed by atoms with Crippen LogP contribution in [0.1, 0.15) is 50.5 Å². The van der Waals surface area contributed by atoms with Crippen molar-refractivity contribution in [3.8, 4) is 0 Å². The molecule has 7 heteroatoms. The Kier molecular flexibility index (Phi) is 6.34. The molecule has 0 saturated heterocycles. The summed E-state index contributed by atoms with van der Waals surface area (Å²) in [6, 6.07) is 9.35. The topological polar surface area (TPSA) is 101 Å². The van der Waals surface area contributed by atoms with E-state index in [2.05, 4.69) is 4.98 Å². The largest absolute Gasteiger partial charge is 0.383 e. The van der Waals surface area contributed by atoms with Crippen LogP contribution in [0.15, 0.2) is 39.9 Å². The Bertz CT molecular complexity index is 927. The lowest BCUT2D eigenvalue weighted by Crippen LogP contribution is -2.39.